The van der Waals surface area contributed by atoms with Crippen LogP contribution in [-0.2, 0) is 4.84 Å². The summed E-state index contributed by atoms with van der Waals surface area (Å²) < 4.78 is 12.7. The summed E-state index contributed by atoms with van der Waals surface area (Å²) in [5.41, 5.74) is 1.02. The lowest BCUT2D eigenvalue weighted by molar-refractivity contribution is 0.0690. The molecule has 1 atom stereocenters. The normalized spacial score (nSPS) is 21.6. The number of hydrogen-bond donors (Lipinski definition) is 1. The van der Waals surface area contributed by atoms with Crippen LogP contribution in [0.2, 0.25) is 0 Å². The van der Waals surface area contributed by atoms with Crippen molar-refractivity contribution in [3.8, 4) is 0 Å². The van der Waals surface area contributed by atoms with Gasteiger partial charge in [0.15, 0.2) is 0 Å². The van der Waals surface area contributed by atoms with E-state index in [9.17, 15) is 4.39 Å². The molecule has 1 heterocycles. The number of nitrogens with two attached hydrogens (primary N) is 1. The van der Waals surface area contributed by atoms with Crippen LogP contribution in [0.4, 0.5) is 10.1 Å². The maximum atomic E-state index is 12.7. The molecule has 0 radical (unpaired) electrons. The Balaban J connectivity index is 2.06. The van der Waals surface area contributed by atoms with E-state index in [-0.39, 0.29) is 11.9 Å². The average molecular weight is 196 g/mol. The molecule has 14 heavy (non-hydrogen) atoms. The van der Waals surface area contributed by atoms with Crippen LogP contribution in [0.15, 0.2) is 24.3 Å². The number of halogens is 1. The van der Waals surface area contributed by atoms with Crippen LogP contribution in [0, 0.1) is 5.82 Å². The standard InChI is InChI=1S/C10H13FN2O/c11-8-1-3-9(4-2-8)13-6-5-10(7-13)14-12/h1-4,10H,5-7,12H2. The monoisotopic (exact) mass is 196 g/mol. The minimum atomic E-state index is -0.209. The van der Waals surface area contributed by atoms with Gasteiger partial charge < -0.3 is 4.90 Å². The van der Waals surface area contributed by atoms with Crippen molar-refractivity contribution in [2.45, 2.75) is 12.5 Å². The molecular weight excluding hydrogens is 183 g/mol. The highest BCUT2D eigenvalue weighted by Gasteiger charge is 2.22. The van der Waals surface area contributed by atoms with Crippen LogP contribution in [0.25, 0.3) is 0 Å². The molecule has 1 aromatic carbocycles. The molecule has 0 aliphatic carbocycles. The molecule has 2 N–H and O–H groups in total. The third kappa shape index (κ3) is 1.86. The second kappa shape index (κ2) is 3.94. The van der Waals surface area contributed by atoms with Crippen LogP contribution >= 0.6 is 0 Å². The summed E-state index contributed by atoms with van der Waals surface area (Å²) in [5, 5.41) is 0. The second-order valence-electron chi connectivity index (χ2n) is 3.47. The minimum Gasteiger partial charge on any atom is -0.369 e. The summed E-state index contributed by atoms with van der Waals surface area (Å²) in [6, 6.07) is 6.47. The van der Waals surface area contributed by atoms with Crippen molar-refractivity contribution in [2.24, 2.45) is 5.90 Å². The Kier molecular flexibility index (Phi) is 2.65. The first-order valence-corrected chi connectivity index (χ1v) is 4.65. The first kappa shape index (κ1) is 9.43. The SMILES string of the molecule is NOC1CCN(c2ccc(F)cc2)C1. The van der Waals surface area contributed by atoms with Crippen molar-refractivity contribution in [1.82, 2.24) is 0 Å². The number of anilines is 1. The van der Waals surface area contributed by atoms with Crippen LogP contribution in [0.3, 0.4) is 0 Å². The fraction of sp³-hybridized carbons (Fsp3) is 0.400. The van der Waals surface area contributed by atoms with Gasteiger partial charge in [-0.25, -0.2) is 10.3 Å². The molecule has 0 bridgehead atoms. The zero-order valence-corrected chi connectivity index (χ0v) is 7.82. The molecule has 3 nitrogen and oxygen atoms in total. The highest BCUT2D eigenvalue weighted by Crippen LogP contribution is 2.21. The van der Waals surface area contributed by atoms with E-state index in [4.69, 9.17) is 10.7 Å². The number of hydrogen-bond acceptors (Lipinski definition) is 3. The summed E-state index contributed by atoms with van der Waals surface area (Å²) in [6.07, 6.45) is 1.02. The number of nitrogens with zero attached hydrogens (tertiary/aromatic N) is 1. The van der Waals surface area contributed by atoms with Crippen molar-refractivity contribution in [3.05, 3.63) is 30.1 Å². The largest absolute Gasteiger partial charge is 0.369 e. The fourth-order valence-electron chi connectivity index (χ4n) is 1.73. The molecule has 1 aliphatic rings. The molecular formula is C10H13FN2O. The Morgan fingerprint density at radius 3 is 2.64 bits per heavy atom. The zero-order chi connectivity index (χ0) is 9.97. The average Bonchev–Trinajstić information content (AvgIpc) is 2.67. The van der Waals surface area contributed by atoms with Gasteiger partial charge in [-0.2, -0.15) is 0 Å². The maximum Gasteiger partial charge on any atom is 0.123 e. The fourth-order valence-corrected chi connectivity index (χ4v) is 1.73. The van der Waals surface area contributed by atoms with Crippen molar-refractivity contribution in [2.75, 3.05) is 18.0 Å². The quantitative estimate of drug-likeness (QED) is 0.724. The number of benzene rings is 1. The van der Waals surface area contributed by atoms with Crippen LogP contribution in [0.5, 0.6) is 0 Å². The highest BCUT2D eigenvalue weighted by atomic mass is 19.1. The Morgan fingerprint density at radius 2 is 2.07 bits per heavy atom. The smallest absolute Gasteiger partial charge is 0.123 e. The summed E-state index contributed by atoms with van der Waals surface area (Å²) in [6.45, 7) is 1.69. The van der Waals surface area contributed by atoms with Gasteiger partial charge in [0.2, 0.25) is 0 Å². The number of rotatable bonds is 2. The highest BCUT2D eigenvalue weighted by molar-refractivity contribution is 5.47. The van der Waals surface area contributed by atoms with E-state index < -0.39 is 0 Å². The Bertz CT molecular complexity index is 301. The lowest BCUT2D eigenvalue weighted by Crippen LogP contribution is -2.24. The third-order valence-corrected chi connectivity index (χ3v) is 2.53. The molecule has 2 rings (SSSR count). The summed E-state index contributed by atoms with van der Waals surface area (Å²) >= 11 is 0. The predicted octanol–water partition coefficient (Wildman–Crippen LogP) is 1.29. The van der Waals surface area contributed by atoms with Gasteiger partial charge in [-0.1, -0.05) is 0 Å². The van der Waals surface area contributed by atoms with Gasteiger partial charge in [-0.15, -0.1) is 0 Å². The van der Waals surface area contributed by atoms with Crippen LogP contribution < -0.4 is 10.8 Å². The Morgan fingerprint density at radius 1 is 1.36 bits per heavy atom. The minimum absolute atomic E-state index is 0.0973. The van der Waals surface area contributed by atoms with Gasteiger partial charge in [0.05, 0.1) is 6.10 Å². The maximum absolute atomic E-state index is 12.7. The topological polar surface area (TPSA) is 38.5 Å². The molecule has 1 unspecified atom stereocenters. The van der Waals surface area contributed by atoms with Gasteiger partial charge in [-0.05, 0) is 30.7 Å². The van der Waals surface area contributed by atoms with Gasteiger partial charge in [0.25, 0.3) is 0 Å². The van der Waals surface area contributed by atoms with Crippen molar-refractivity contribution >= 4 is 5.69 Å². The molecule has 4 heteroatoms. The van der Waals surface area contributed by atoms with E-state index in [0.717, 1.165) is 25.2 Å². The lowest BCUT2D eigenvalue weighted by atomic mass is 10.3. The summed E-state index contributed by atoms with van der Waals surface area (Å²) in [4.78, 5) is 6.91. The lowest BCUT2D eigenvalue weighted by Gasteiger charge is -2.17. The first-order chi connectivity index (χ1) is 6.79. The van der Waals surface area contributed by atoms with Gasteiger partial charge in [0, 0.05) is 18.8 Å². The molecule has 0 saturated carbocycles. The van der Waals surface area contributed by atoms with Gasteiger partial charge >= 0.3 is 0 Å². The molecule has 0 aromatic heterocycles. The van der Waals surface area contributed by atoms with Crippen molar-refractivity contribution < 1.29 is 9.23 Å². The van der Waals surface area contributed by atoms with E-state index in [1.54, 1.807) is 12.1 Å². The molecule has 0 spiro atoms. The summed E-state index contributed by atoms with van der Waals surface area (Å²) in [7, 11) is 0. The summed E-state index contributed by atoms with van der Waals surface area (Å²) in [5.74, 6) is 4.90. The second-order valence-corrected chi connectivity index (χ2v) is 3.47. The van der Waals surface area contributed by atoms with E-state index in [2.05, 4.69) is 4.90 Å². The van der Waals surface area contributed by atoms with Crippen LogP contribution in [0.1, 0.15) is 6.42 Å². The van der Waals surface area contributed by atoms with Crippen molar-refractivity contribution in [1.29, 1.82) is 0 Å². The van der Waals surface area contributed by atoms with E-state index in [1.807, 2.05) is 0 Å². The van der Waals surface area contributed by atoms with Gasteiger partial charge in [0.1, 0.15) is 5.82 Å². The van der Waals surface area contributed by atoms with E-state index in [1.165, 1.54) is 12.1 Å². The predicted molar refractivity (Wildman–Crippen MR) is 52.3 cm³/mol. The van der Waals surface area contributed by atoms with Crippen molar-refractivity contribution in [3.63, 3.8) is 0 Å². The third-order valence-electron chi connectivity index (χ3n) is 2.53. The molecule has 1 saturated heterocycles. The Hall–Kier alpha value is -1.13. The van der Waals surface area contributed by atoms with Crippen LogP contribution in [-0.4, -0.2) is 19.2 Å². The molecule has 0 amide bonds. The molecule has 1 aliphatic heterocycles. The zero-order valence-electron chi connectivity index (χ0n) is 7.82. The molecule has 1 aromatic rings. The van der Waals surface area contributed by atoms with E-state index in [0.29, 0.717) is 0 Å². The van der Waals surface area contributed by atoms with E-state index >= 15 is 0 Å². The Labute approximate surface area is 82.2 Å². The molecule has 76 valence electrons. The first-order valence-electron chi connectivity index (χ1n) is 4.65. The molecule has 1 fully saturated rings. The van der Waals surface area contributed by atoms with Gasteiger partial charge in [-0.3, -0.25) is 4.84 Å².